The molecule has 2 unspecified atom stereocenters. The highest BCUT2D eigenvalue weighted by Gasteiger charge is 2.59. The lowest BCUT2D eigenvalue weighted by molar-refractivity contribution is -0.134. The second kappa shape index (κ2) is 8.62. The number of nitrogens with zero attached hydrogens (tertiary/aromatic N) is 1. The van der Waals surface area contributed by atoms with E-state index < -0.39 is 5.54 Å². The monoisotopic (exact) mass is 437 g/mol. The number of carbonyl (C=O) groups excluding carboxylic acids is 2. The lowest BCUT2D eigenvalue weighted by atomic mass is 9.65. The van der Waals surface area contributed by atoms with E-state index in [-0.39, 0.29) is 17.7 Å². The third kappa shape index (κ3) is 3.70. The molecule has 3 aromatic carbocycles. The molecule has 1 saturated carbocycles. The van der Waals surface area contributed by atoms with Gasteiger partial charge < -0.3 is 4.90 Å². The first-order valence-electron chi connectivity index (χ1n) is 12.0. The molecule has 3 aromatic rings. The van der Waals surface area contributed by atoms with Crippen molar-refractivity contribution >= 4 is 11.7 Å². The van der Waals surface area contributed by atoms with Gasteiger partial charge in [0.15, 0.2) is 0 Å². The second-order valence-corrected chi connectivity index (χ2v) is 9.74. The number of hydrogen-bond acceptors (Lipinski definition) is 2. The number of fused-ring (bicyclic) bond motifs is 1. The number of rotatable bonds is 4. The molecule has 1 heterocycles. The highest BCUT2D eigenvalue weighted by atomic mass is 16.2. The molecule has 5 rings (SSSR count). The number of ketones is 1. The first kappa shape index (κ1) is 21.6. The maximum atomic E-state index is 14.0. The average molecular weight is 438 g/mol. The largest absolute Gasteiger partial charge is 0.328 e. The Morgan fingerprint density at radius 2 is 1.55 bits per heavy atom. The van der Waals surface area contributed by atoms with E-state index >= 15 is 0 Å². The molecule has 2 aliphatic rings. The van der Waals surface area contributed by atoms with Gasteiger partial charge in [-0.3, -0.25) is 9.59 Å². The van der Waals surface area contributed by atoms with Crippen molar-refractivity contribution in [3.05, 3.63) is 107 Å². The van der Waals surface area contributed by atoms with Crippen molar-refractivity contribution in [1.82, 2.24) is 4.90 Å². The van der Waals surface area contributed by atoms with Crippen LogP contribution in [0, 0.1) is 25.7 Å². The van der Waals surface area contributed by atoms with Crippen LogP contribution in [0.4, 0.5) is 0 Å². The Hall–Kier alpha value is -3.20. The molecule has 3 heteroatoms. The summed E-state index contributed by atoms with van der Waals surface area (Å²) in [5.41, 5.74) is 4.95. The van der Waals surface area contributed by atoms with Gasteiger partial charge in [-0.2, -0.15) is 0 Å². The van der Waals surface area contributed by atoms with Crippen LogP contribution < -0.4 is 0 Å². The summed E-state index contributed by atoms with van der Waals surface area (Å²) in [6, 6.07) is 27.0. The van der Waals surface area contributed by atoms with Gasteiger partial charge in [0, 0.05) is 24.8 Å². The van der Waals surface area contributed by atoms with Crippen molar-refractivity contribution < 1.29 is 9.59 Å². The predicted octanol–water partition coefficient (Wildman–Crippen LogP) is 5.62. The fraction of sp³-hybridized carbons (Fsp3) is 0.333. The number of aryl methyl sites for hydroxylation is 2. The van der Waals surface area contributed by atoms with Gasteiger partial charge in [0.05, 0.1) is 12.0 Å². The standard InChI is InChI=1S/C30H31NO2/c1-21-9-6-13-24(17-21)30(25-14-7-10-22(2)18-25)27-15-8-16-28(32)26(27)20-31(30)29(33)19-23-11-4-3-5-12-23/h3-7,9-14,17-18,26-27H,8,15-16,19-20H2,1-2H3. The zero-order chi connectivity index (χ0) is 23.0. The van der Waals surface area contributed by atoms with Crippen LogP contribution in [-0.2, 0) is 21.5 Å². The predicted molar refractivity (Wildman–Crippen MR) is 131 cm³/mol. The summed E-state index contributed by atoms with van der Waals surface area (Å²) in [4.78, 5) is 29.2. The minimum absolute atomic E-state index is 0.0853. The summed E-state index contributed by atoms with van der Waals surface area (Å²) < 4.78 is 0. The van der Waals surface area contributed by atoms with Crippen LogP contribution in [0.25, 0.3) is 0 Å². The zero-order valence-electron chi connectivity index (χ0n) is 19.5. The minimum Gasteiger partial charge on any atom is -0.328 e. The van der Waals surface area contributed by atoms with Crippen molar-refractivity contribution in [2.75, 3.05) is 6.54 Å². The molecule has 1 saturated heterocycles. The molecule has 2 fully saturated rings. The Labute approximate surface area is 196 Å². The molecule has 3 nitrogen and oxygen atoms in total. The van der Waals surface area contributed by atoms with Crippen LogP contribution in [0.3, 0.4) is 0 Å². The van der Waals surface area contributed by atoms with Crippen molar-refractivity contribution in [2.24, 2.45) is 11.8 Å². The summed E-state index contributed by atoms with van der Waals surface area (Å²) in [6.07, 6.45) is 2.81. The molecule has 0 aromatic heterocycles. The third-order valence-electron chi connectivity index (χ3n) is 7.59. The molecule has 0 radical (unpaired) electrons. The number of hydrogen-bond donors (Lipinski definition) is 0. The van der Waals surface area contributed by atoms with Crippen molar-refractivity contribution in [1.29, 1.82) is 0 Å². The van der Waals surface area contributed by atoms with Gasteiger partial charge in [-0.1, -0.05) is 90.0 Å². The smallest absolute Gasteiger partial charge is 0.228 e. The molecule has 0 bridgehead atoms. The van der Waals surface area contributed by atoms with E-state index in [2.05, 4.69) is 67.3 Å². The van der Waals surface area contributed by atoms with Crippen molar-refractivity contribution in [2.45, 2.75) is 45.1 Å². The van der Waals surface area contributed by atoms with Gasteiger partial charge in [0.25, 0.3) is 0 Å². The SMILES string of the molecule is Cc1cccc(C2(c3cccc(C)c3)C3CCCC(=O)C3CN2C(=O)Cc2ccccc2)c1. The molecule has 2 atom stereocenters. The van der Waals surface area contributed by atoms with Crippen molar-refractivity contribution in [3.8, 4) is 0 Å². The van der Waals surface area contributed by atoms with Crippen LogP contribution in [0.2, 0.25) is 0 Å². The Morgan fingerprint density at radius 1 is 0.909 bits per heavy atom. The Bertz CT molecular complexity index is 1140. The van der Waals surface area contributed by atoms with Crippen LogP contribution in [0.15, 0.2) is 78.9 Å². The second-order valence-electron chi connectivity index (χ2n) is 9.74. The fourth-order valence-corrected chi connectivity index (χ4v) is 6.21. The highest BCUT2D eigenvalue weighted by Crippen LogP contribution is 2.55. The van der Waals surface area contributed by atoms with Crippen molar-refractivity contribution in [3.63, 3.8) is 0 Å². The zero-order valence-corrected chi connectivity index (χ0v) is 19.5. The quantitative estimate of drug-likeness (QED) is 0.531. The van der Waals surface area contributed by atoms with Gasteiger partial charge in [-0.25, -0.2) is 0 Å². The molecule has 0 spiro atoms. The first-order valence-corrected chi connectivity index (χ1v) is 12.0. The van der Waals surface area contributed by atoms with Crippen LogP contribution in [0.1, 0.15) is 47.1 Å². The van der Waals surface area contributed by atoms with E-state index in [4.69, 9.17) is 0 Å². The summed E-state index contributed by atoms with van der Waals surface area (Å²) in [7, 11) is 0. The molecule has 1 amide bonds. The van der Waals surface area contributed by atoms with Gasteiger partial charge >= 0.3 is 0 Å². The van der Waals surface area contributed by atoms with Gasteiger partial charge in [0.1, 0.15) is 5.78 Å². The highest BCUT2D eigenvalue weighted by molar-refractivity contribution is 5.87. The molecular formula is C30H31NO2. The Balaban J connectivity index is 1.73. The maximum absolute atomic E-state index is 14.0. The fourth-order valence-electron chi connectivity index (χ4n) is 6.21. The molecule has 1 aliphatic carbocycles. The van der Waals surface area contributed by atoms with Crippen LogP contribution in [-0.4, -0.2) is 23.1 Å². The third-order valence-corrected chi connectivity index (χ3v) is 7.59. The summed E-state index contributed by atoms with van der Waals surface area (Å²) in [5, 5.41) is 0. The van der Waals surface area contributed by atoms with E-state index in [0.29, 0.717) is 25.2 Å². The van der Waals surface area contributed by atoms with Gasteiger partial charge in [0.2, 0.25) is 5.91 Å². The molecule has 33 heavy (non-hydrogen) atoms. The normalized spacial score (nSPS) is 21.6. The lowest BCUT2D eigenvalue weighted by Gasteiger charge is -2.45. The number of likely N-dealkylation sites (tertiary alicyclic amines) is 1. The Morgan fingerprint density at radius 3 is 2.15 bits per heavy atom. The number of amides is 1. The summed E-state index contributed by atoms with van der Waals surface area (Å²) >= 11 is 0. The van der Waals surface area contributed by atoms with E-state index in [0.717, 1.165) is 29.5 Å². The number of Topliss-reactive ketones (excluding diaryl/α,β-unsaturated/α-hetero) is 1. The van der Waals surface area contributed by atoms with E-state index in [9.17, 15) is 9.59 Å². The average Bonchev–Trinajstić information content (AvgIpc) is 3.17. The number of carbonyl (C=O) groups is 2. The first-order chi connectivity index (χ1) is 16.0. The van der Waals surface area contributed by atoms with E-state index in [1.807, 2.05) is 30.3 Å². The Kier molecular flexibility index (Phi) is 5.65. The van der Waals surface area contributed by atoms with Gasteiger partial charge in [-0.05, 0) is 43.4 Å². The van der Waals surface area contributed by atoms with Crippen LogP contribution >= 0.6 is 0 Å². The summed E-state index contributed by atoms with van der Waals surface area (Å²) in [6.45, 7) is 4.70. The van der Waals surface area contributed by atoms with E-state index in [1.165, 1.54) is 11.1 Å². The van der Waals surface area contributed by atoms with Gasteiger partial charge in [-0.15, -0.1) is 0 Å². The molecule has 1 aliphatic heterocycles. The molecule has 168 valence electrons. The lowest BCUT2D eigenvalue weighted by Crippen LogP contribution is -2.50. The molecular weight excluding hydrogens is 406 g/mol. The molecule has 0 N–H and O–H groups in total. The topological polar surface area (TPSA) is 37.4 Å². The van der Waals surface area contributed by atoms with E-state index in [1.54, 1.807) is 0 Å². The maximum Gasteiger partial charge on any atom is 0.228 e. The number of benzene rings is 3. The minimum atomic E-state index is -0.634. The summed E-state index contributed by atoms with van der Waals surface area (Å²) in [5.74, 6) is 0.374. The van der Waals surface area contributed by atoms with Crippen LogP contribution in [0.5, 0.6) is 0 Å².